The molecule has 7 nitrogen and oxygen atoms in total. The molecule has 2 amide bonds. The summed E-state index contributed by atoms with van der Waals surface area (Å²) in [6, 6.07) is 9.47. The second-order valence-corrected chi connectivity index (χ2v) is 8.93. The molecule has 0 radical (unpaired) electrons. The van der Waals surface area contributed by atoms with Crippen LogP contribution < -0.4 is 4.74 Å². The van der Waals surface area contributed by atoms with E-state index in [1.807, 2.05) is 17.9 Å². The van der Waals surface area contributed by atoms with E-state index in [4.69, 9.17) is 9.47 Å². The molecule has 2 aliphatic heterocycles. The van der Waals surface area contributed by atoms with Crippen molar-refractivity contribution < 1.29 is 23.5 Å². The molecular weight excluding hydrogens is 425 g/mol. The van der Waals surface area contributed by atoms with Crippen molar-refractivity contribution in [1.29, 1.82) is 0 Å². The van der Waals surface area contributed by atoms with Crippen LogP contribution in [0.4, 0.5) is 4.39 Å². The highest BCUT2D eigenvalue weighted by Crippen LogP contribution is 2.36. The van der Waals surface area contributed by atoms with Gasteiger partial charge in [-0.25, -0.2) is 4.39 Å². The lowest BCUT2D eigenvalue weighted by Crippen LogP contribution is -2.52. The van der Waals surface area contributed by atoms with Crippen LogP contribution in [0.2, 0.25) is 0 Å². The zero-order chi connectivity index (χ0) is 23.3. The highest BCUT2D eigenvalue weighted by atomic mass is 19.1. The summed E-state index contributed by atoms with van der Waals surface area (Å²) in [6.45, 7) is 5.41. The van der Waals surface area contributed by atoms with Gasteiger partial charge in [0.2, 0.25) is 5.91 Å². The number of piperidine rings is 1. The normalized spacial score (nSPS) is 21.0. The van der Waals surface area contributed by atoms with Gasteiger partial charge in [-0.05, 0) is 56.2 Å². The van der Waals surface area contributed by atoms with Gasteiger partial charge < -0.3 is 19.3 Å². The van der Waals surface area contributed by atoms with Crippen LogP contribution in [0.15, 0.2) is 42.6 Å². The Morgan fingerprint density at radius 3 is 2.55 bits per heavy atom. The number of carbonyl (C=O) groups is 2. The van der Waals surface area contributed by atoms with E-state index in [1.54, 1.807) is 29.3 Å². The molecule has 2 fully saturated rings. The molecule has 2 saturated heterocycles. The molecule has 0 saturated carbocycles. The molecule has 0 aliphatic carbocycles. The van der Waals surface area contributed by atoms with Crippen LogP contribution in [0.3, 0.4) is 0 Å². The maximum absolute atomic E-state index is 13.3. The maximum atomic E-state index is 13.3. The number of nitrogens with zero attached hydrogens (tertiary/aromatic N) is 3. The fourth-order valence-corrected chi connectivity index (χ4v) is 4.48. The maximum Gasteiger partial charge on any atom is 0.255 e. The monoisotopic (exact) mass is 455 g/mol. The van der Waals surface area contributed by atoms with Gasteiger partial charge in [0.1, 0.15) is 11.6 Å². The third kappa shape index (κ3) is 5.87. The van der Waals surface area contributed by atoms with Crippen LogP contribution in [-0.2, 0) is 9.53 Å². The van der Waals surface area contributed by atoms with E-state index in [1.165, 1.54) is 12.1 Å². The second-order valence-electron chi connectivity index (χ2n) is 8.93. The number of pyridine rings is 1. The summed E-state index contributed by atoms with van der Waals surface area (Å²) in [7, 11) is 0. The Labute approximate surface area is 193 Å². The van der Waals surface area contributed by atoms with Crippen molar-refractivity contribution in [3.8, 4) is 5.75 Å². The van der Waals surface area contributed by atoms with Gasteiger partial charge in [0.15, 0.2) is 0 Å². The van der Waals surface area contributed by atoms with Crippen LogP contribution >= 0.6 is 0 Å². The molecule has 0 N–H and O–H groups in total. The van der Waals surface area contributed by atoms with Crippen molar-refractivity contribution in [1.82, 2.24) is 14.8 Å². The number of morpholine rings is 1. The van der Waals surface area contributed by atoms with Crippen molar-refractivity contribution in [3.05, 3.63) is 59.7 Å². The number of hydrogen-bond acceptors (Lipinski definition) is 5. The van der Waals surface area contributed by atoms with Gasteiger partial charge in [-0.3, -0.25) is 14.6 Å². The molecule has 4 rings (SSSR count). The van der Waals surface area contributed by atoms with Crippen molar-refractivity contribution in [2.75, 3.05) is 46.0 Å². The van der Waals surface area contributed by atoms with Crippen LogP contribution in [0.1, 0.15) is 35.3 Å². The number of aromatic nitrogens is 1. The first kappa shape index (κ1) is 23.2. The summed E-state index contributed by atoms with van der Waals surface area (Å²) >= 11 is 0. The highest BCUT2D eigenvalue weighted by Gasteiger charge is 2.41. The lowest BCUT2D eigenvalue weighted by Gasteiger charge is -2.43. The first-order chi connectivity index (χ1) is 15.9. The lowest BCUT2D eigenvalue weighted by atomic mass is 9.77. The number of likely N-dealkylation sites (tertiary alicyclic amines) is 1. The number of benzene rings is 1. The van der Waals surface area contributed by atoms with E-state index < -0.39 is 5.41 Å². The zero-order valence-electron chi connectivity index (χ0n) is 19.0. The number of amides is 2. The third-order valence-electron chi connectivity index (χ3n) is 6.36. The molecule has 1 atom stereocenters. The minimum absolute atomic E-state index is 0.0484. The van der Waals surface area contributed by atoms with Crippen molar-refractivity contribution >= 4 is 11.8 Å². The minimum Gasteiger partial charge on any atom is -0.493 e. The summed E-state index contributed by atoms with van der Waals surface area (Å²) < 4.78 is 24.7. The first-order valence-electron chi connectivity index (χ1n) is 11.4. The summed E-state index contributed by atoms with van der Waals surface area (Å²) in [5.41, 5.74) is 0.856. The molecule has 0 spiro atoms. The molecule has 2 aliphatic rings. The largest absolute Gasteiger partial charge is 0.493 e. The number of carbonyl (C=O) groups excluding carboxylic acids is 2. The quantitative estimate of drug-likeness (QED) is 0.670. The van der Waals surface area contributed by atoms with Crippen LogP contribution in [0.25, 0.3) is 0 Å². The number of halogens is 1. The highest BCUT2D eigenvalue weighted by molar-refractivity contribution is 5.94. The lowest BCUT2D eigenvalue weighted by molar-refractivity contribution is -0.139. The van der Waals surface area contributed by atoms with Crippen molar-refractivity contribution in [2.24, 2.45) is 5.41 Å². The predicted octanol–water partition coefficient (Wildman–Crippen LogP) is 3.08. The van der Waals surface area contributed by atoms with E-state index >= 15 is 0 Å². The van der Waals surface area contributed by atoms with Crippen LogP contribution in [-0.4, -0.2) is 72.6 Å². The third-order valence-corrected chi connectivity index (χ3v) is 6.36. The molecule has 1 aromatic carbocycles. The molecule has 2 aromatic rings. The van der Waals surface area contributed by atoms with Crippen molar-refractivity contribution in [3.63, 3.8) is 0 Å². The van der Waals surface area contributed by atoms with Crippen molar-refractivity contribution in [2.45, 2.75) is 26.2 Å². The van der Waals surface area contributed by atoms with Gasteiger partial charge in [0.05, 0.1) is 25.4 Å². The number of hydrogen-bond donors (Lipinski definition) is 0. The summed E-state index contributed by atoms with van der Waals surface area (Å²) in [5.74, 6) is 0.168. The van der Waals surface area contributed by atoms with Crippen LogP contribution in [0.5, 0.6) is 5.75 Å². The predicted molar refractivity (Wildman–Crippen MR) is 120 cm³/mol. The molecule has 8 heteroatoms. The smallest absolute Gasteiger partial charge is 0.255 e. The summed E-state index contributed by atoms with van der Waals surface area (Å²) in [5, 5.41) is 0. The van der Waals surface area contributed by atoms with Gasteiger partial charge in [-0.1, -0.05) is 0 Å². The average Bonchev–Trinajstić information content (AvgIpc) is 2.84. The average molecular weight is 456 g/mol. The van der Waals surface area contributed by atoms with Gasteiger partial charge in [0, 0.05) is 49.9 Å². The Bertz CT molecular complexity index is 961. The molecule has 33 heavy (non-hydrogen) atoms. The number of ether oxygens (including phenoxy) is 2. The molecule has 176 valence electrons. The standard InChI is InChI=1S/C25H30FN3O4/c1-19-3-4-20(16-27-19)24(31)29-10-2-9-25(17-29,15-23(30)28-11-13-32-14-12-28)18-33-22-7-5-21(26)6-8-22/h3-8,16H,2,9-15,17-18H2,1H3/t25-/m0/s1. The zero-order valence-corrected chi connectivity index (χ0v) is 19.0. The van der Waals surface area contributed by atoms with E-state index in [2.05, 4.69) is 4.98 Å². The first-order valence-corrected chi connectivity index (χ1v) is 11.4. The van der Waals surface area contributed by atoms with Gasteiger partial charge in [0.25, 0.3) is 5.91 Å². The Hall–Kier alpha value is -3.00. The SMILES string of the molecule is Cc1ccc(C(=O)N2CCC[C@](COc3ccc(F)cc3)(CC(=O)N3CCOCC3)C2)cn1. The molecular formula is C25H30FN3O4. The van der Waals surface area contributed by atoms with Gasteiger partial charge >= 0.3 is 0 Å². The van der Waals surface area contributed by atoms with E-state index in [-0.39, 0.29) is 30.7 Å². The number of aryl methyl sites for hydroxylation is 1. The Morgan fingerprint density at radius 1 is 1.09 bits per heavy atom. The van der Waals surface area contributed by atoms with E-state index in [9.17, 15) is 14.0 Å². The Balaban J connectivity index is 1.52. The topological polar surface area (TPSA) is 72.0 Å². The van der Waals surface area contributed by atoms with Gasteiger partial charge in [-0.2, -0.15) is 0 Å². The Morgan fingerprint density at radius 2 is 1.85 bits per heavy atom. The summed E-state index contributed by atoms with van der Waals surface area (Å²) in [6.07, 6.45) is 3.42. The van der Waals surface area contributed by atoms with Crippen LogP contribution in [0, 0.1) is 18.2 Å². The fraction of sp³-hybridized carbons (Fsp3) is 0.480. The molecule has 3 heterocycles. The molecule has 0 unspecified atom stereocenters. The van der Waals surface area contributed by atoms with Gasteiger partial charge in [-0.15, -0.1) is 0 Å². The Kier molecular flexibility index (Phi) is 7.23. The van der Waals surface area contributed by atoms with E-state index in [0.717, 1.165) is 18.5 Å². The molecule has 1 aromatic heterocycles. The second kappa shape index (κ2) is 10.3. The minimum atomic E-state index is -0.532. The number of rotatable bonds is 6. The summed E-state index contributed by atoms with van der Waals surface area (Å²) in [4.78, 5) is 34.2. The molecule has 0 bridgehead atoms. The fourth-order valence-electron chi connectivity index (χ4n) is 4.48. The van der Waals surface area contributed by atoms with E-state index in [0.29, 0.717) is 50.7 Å².